The molecule has 0 bridgehead atoms. The molecule has 13 heteroatoms. The van der Waals surface area contributed by atoms with Crippen LogP contribution >= 0.6 is 0 Å². The highest BCUT2D eigenvalue weighted by Crippen LogP contribution is 2.29. The van der Waals surface area contributed by atoms with Crippen molar-refractivity contribution < 1.29 is 57.2 Å². The molecule has 1 aliphatic rings. The molecular formula is C21H31NO12. The third-order valence-electron chi connectivity index (χ3n) is 4.52. The molecule has 0 aromatic carbocycles. The molecule has 0 aliphatic carbocycles. The van der Waals surface area contributed by atoms with E-state index in [1.165, 1.54) is 20.8 Å². The highest BCUT2D eigenvalue weighted by atomic mass is 16.6. The van der Waals surface area contributed by atoms with E-state index in [0.717, 1.165) is 20.8 Å². The Labute approximate surface area is 196 Å². The van der Waals surface area contributed by atoms with Crippen LogP contribution in [0.3, 0.4) is 0 Å². The van der Waals surface area contributed by atoms with Gasteiger partial charge in [-0.3, -0.25) is 28.8 Å². The summed E-state index contributed by atoms with van der Waals surface area (Å²) < 4.78 is 32.0. The average Bonchev–Trinajstić information content (AvgIpc) is 2.68. The van der Waals surface area contributed by atoms with Gasteiger partial charge in [0.15, 0.2) is 12.2 Å². The zero-order valence-electron chi connectivity index (χ0n) is 20.0. The fraction of sp³-hybridized carbons (Fsp3) is 0.714. The lowest BCUT2D eigenvalue weighted by Crippen LogP contribution is -2.64. The fourth-order valence-corrected chi connectivity index (χ4v) is 3.48. The summed E-state index contributed by atoms with van der Waals surface area (Å²) in [5.74, 6) is -4.01. The lowest BCUT2D eigenvalue weighted by Gasteiger charge is -2.44. The lowest BCUT2D eigenvalue weighted by molar-refractivity contribution is -0.218. The maximum Gasteiger partial charge on any atom is 0.303 e. The number of hydrogen-bond acceptors (Lipinski definition) is 12. The third kappa shape index (κ3) is 10.1. The summed E-state index contributed by atoms with van der Waals surface area (Å²) >= 11 is 0. The van der Waals surface area contributed by atoms with Gasteiger partial charge in [-0.2, -0.15) is 0 Å². The van der Waals surface area contributed by atoms with E-state index in [4.69, 9.17) is 28.4 Å². The summed E-state index contributed by atoms with van der Waals surface area (Å²) in [5, 5.41) is 2.61. The zero-order valence-corrected chi connectivity index (χ0v) is 20.0. The van der Waals surface area contributed by atoms with Crippen LogP contribution in [0.4, 0.5) is 0 Å². The molecule has 13 nitrogen and oxygen atoms in total. The topological polar surface area (TPSA) is 170 Å². The predicted octanol–water partition coefficient (Wildman–Crippen LogP) is -0.430. The number of amides is 1. The first-order valence-electron chi connectivity index (χ1n) is 10.5. The molecule has 1 saturated heterocycles. The van der Waals surface area contributed by atoms with Crippen LogP contribution in [0.2, 0.25) is 0 Å². The maximum absolute atomic E-state index is 12.0. The van der Waals surface area contributed by atoms with Gasteiger partial charge in [-0.25, -0.2) is 0 Å². The van der Waals surface area contributed by atoms with Crippen LogP contribution in [-0.4, -0.2) is 85.5 Å². The normalized spacial score (nSPS) is 23.5. The standard InChI is InChI=1S/C21H31NO12/c1-10(23)22-19-17(31-13(4)26)7-16(8-29-11(2)24)34-21(19)20(33-15(6)28)18(32-14(5)27)9-30-12(3)25/h16-21H,7-9H2,1-6H3,(H,22,23)/t16?,17-,18+,19+,20+,21+/m0/s1. The molecule has 1 fully saturated rings. The second-order valence-corrected chi connectivity index (χ2v) is 7.66. The van der Waals surface area contributed by atoms with E-state index in [0.29, 0.717) is 0 Å². The van der Waals surface area contributed by atoms with Crippen molar-refractivity contribution in [1.82, 2.24) is 5.32 Å². The molecule has 0 aromatic rings. The lowest BCUT2D eigenvalue weighted by atomic mass is 9.89. The van der Waals surface area contributed by atoms with Crippen LogP contribution in [0.15, 0.2) is 0 Å². The Morgan fingerprint density at radius 1 is 0.824 bits per heavy atom. The zero-order chi connectivity index (χ0) is 26.0. The molecule has 0 radical (unpaired) electrons. The van der Waals surface area contributed by atoms with Gasteiger partial charge >= 0.3 is 29.8 Å². The van der Waals surface area contributed by atoms with Crippen molar-refractivity contribution in [3.63, 3.8) is 0 Å². The number of carbonyl (C=O) groups excluding carboxylic acids is 6. The SMILES string of the molecule is CC(=O)N[C@H]1[C@H]([C@H](OC(C)=O)[C@@H](COC(C)=O)OC(C)=O)OC(COC(C)=O)C[C@@H]1OC(C)=O. The van der Waals surface area contributed by atoms with E-state index in [1.54, 1.807) is 0 Å². The second kappa shape index (κ2) is 13.5. The van der Waals surface area contributed by atoms with E-state index < -0.39 is 78.9 Å². The number of ether oxygens (including phenoxy) is 6. The first-order chi connectivity index (χ1) is 15.8. The van der Waals surface area contributed by atoms with Crippen molar-refractivity contribution in [2.45, 2.75) is 84.5 Å². The molecule has 0 spiro atoms. The summed E-state index contributed by atoms with van der Waals surface area (Å²) in [4.78, 5) is 70.1. The smallest absolute Gasteiger partial charge is 0.303 e. The predicted molar refractivity (Wildman–Crippen MR) is 111 cm³/mol. The Bertz CT molecular complexity index is 782. The minimum Gasteiger partial charge on any atom is -0.463 e. The van der Waals surface area contributed by atoms with Gasteiger partial charge in [0.25, 0.3) is 0 Å². The van der Waals surface area contributed by atoms with Crippen LogP contribution in [-0.2, 0) is 57.2 Å². The minimum absolute atomic E-state index is 0.0310. The molecule has 34 heavy (non-hydrogen) atoms. The molecule has 1 rings (SSSR count). The van der Waals surface area contributed by atoms with Crippen LogP contribution in [0.25, 0.3) is 0 Å². The second-order valence-electron chi connectivity index (χ2n) is 7.66. The molecule has 1 unspecified atom stereocenters. The quantitative estimate of drug-likeness (QED) is 0.311. The van der Waals surface area contributed by atoms with Crippen molar-refractivity contribution in [1.29, 1.82) is 0 Å². The fourth-order valence-electron chi connectivity index (χ4n) is 3.48. The van der Waals surface area contributed by atoms with E-state index in [2.05, 4.69) is 5.32 Å². The molecule has 1 aliphatic heterocycles. The van der Waals surface area contributed by atoms with Crippen molar-refractivity contribution >= 4 is 35.8 Å². The Morgan fingerprint density at radius 2 is 1.41 bits per heavy atom. The average molecular weight is 489 g/mol. The highest BCUT2D eigenvalue weighted by molar-refractivity contribution is 5.74. The Balaban J connectivity index is 3.47. The summed E-state index contributed by atoms with van der Waals surface area (Å²) in [6, 6.07) is -1.06. The largest absolute Gasteiger partial charge is 0.463 e. The Hall–Kier alpha value is -3.22. The molecule has 1 amide bonds. The van der Waals surface area contributed by atoms with E-state index in [1.807, 2.05) is 0 Å². The third-order valence-corrected chi connectivity index (χ3v) is 4.52. The van der Waals surface area contributed by atoms with Gasteiger partial charge in [0, 0.05) is 48.0 Å². The first-order valence-corrected chi connectivity index (χ1v) is 10.5. The Morgan fingerprint density at radius 3 is 1.88 bits per heavy atom. The van der Waals surface area contributed by atoms with Gasteiger partial charge in [0.1, 0.15) is 25.4 Å². The summed E-state index contributed by atoms with van der Waals surface area (Å²) in [5.41, 5.74) is 0. The Kier molecular flexibility index (Phi) is 11.4. The monoisotopic (exact) mass is 489 g/mol. The van der Waals surface area contributed by atoms with E-state index >= 15 is 0 Å². The first kappa shape index (κ1) is 28.8. The van der Waals surface area contributed by atoms with Crippen molar-refractivity contribution in [2.24, 2.45) is 0 Å². The van der Waals surface area contributed by atoms with Crippen LogP contribution < -0.4 is 5.32 Å². The van der Waals surface area contributed by atoms with E-state index in [9.17, 15) is 28.8 Å². The highest BCUT2D eigenvalue weighted by Gasteiger charge is 2.49. The summed E-state index contributed by atoms with van der Waals surface area (Å²) in [7, 11) is 0. The molecule has 6 atom stereocenters. The molecule has 1 heterocycles. The van der Waals surface area contributed by atoms with Gasteiger partial charge in [-0.05, 0) is 0 Å². The van der Waals surface area contributed by atoms with Crippen LogP contribution in [0, 0.1) is 0 Å². The van der Waals surface area contributed by atoms with Crippen molar-refractivity contribution in [2.75, 3.05) is 13.2 Å². The summed E-state index contributed by atoms with van der Waals surface area (Å²) in [6.45, 7) is 6.19. The van der Waals surface area contributed by atoms with Crippen molar-refractivity contribution in [3.05, 3.63) is 0 Å². The van der Waals surface area contributed by atoms with Gasteiger partial charge in [-0.1, -0.05) is 0 Å². The number of hydrogen-bond donors (Lipinski definition) is 1. The number of nitrogens with one attached hydrogen (secondary N) is 1. The summed E-state index contributed by atoms with van der Waals surface area (Å²) in [6.07, 6.45) is -5.79. The van der Waals surface area contributed by atoms with Gasteiger partial charge in [-0.15, -0.1) is 0 Å². The van der Waals surface area contributed by atoms with Gasteiger partial charge < -0.3 is 33.7 Å². The minimum atomic E-state index is -1.41. The molecule has 0 aromatic heterocycles. The number of carbonyl (C=O) groups is 6. The number of rotatable bonds is 10. The molecular weight excluding hydrogens is 458 g/mol. The molecule has 192 valence electrons. The van der Waals surface area contributed by atoms with Gasteiger partial charge in [0.2, 0.25) is 5.91 Å². The maximum atomic E-state index is 12.0. The molecule has 0 saturated carbocycles. The number of esters is 5. The van der Waals surface area contributed by atoms with Crippen LogP contribution in [0.5, 0.6) is 0 Å². The molecule has 1 N–H and O–H groups in total. The van der Waals surface area contributed by atoms with Crippen molar-refractivity contribution in [3.8, 4) is 0 Å². The van der Waals surface area contributed by atoms with Crippen LogP contribution in [0.1, 0.15) is 48.0 Å². The van der Waals surface area contributed by atoms with E-state index in [-0.39, 0.29) is 13.0 Å². The van der Waals surface area contributed by atoms with Gasteiger partial charge in [0.05, 0.1) is 12.1 Å².